The van der Waals surface area contributed by atoms with Crippen LogP contribution in [0.25, 0.3) is 21.8 Å². The Morgan fingerprint density at radius 2 is 1.48 bits per heavy atom. The lowest BCUT2D eigenvalue weighted by Gasteiger charge is -2.31. The average Bonchev–Trinajstić information content (AvgIpc) is 3.08. The number of rotatable bonds is 4. The fraction of sp³-hybridized carbons (Fsp3) is 0.208. The van der Waals surface area contributed by atoms with Crippen LogP contribution in [0.5, 0.6) is 0 Å². The van der Waals surface area contributed by atoms with Crippen molar-refractivity contribution >= 4 is 37.8 Å². The number of hydrogen-bond donors (Lipinski definition) is 0. The predicted octanol–water partition coefficient (Wildman–Crippen LogP) is 3.72. The average molecular weight is 435 g/mol. The Kier molecular flexibility index (Phi) is 4.79. The second-order valence-corrected chi connectivity index (χ2v) is 9.81. The predicted molar refractivity (Wildman–Crippen MR) is 119 cm³/mol. The first-order valence-corrected chi connectivity index (χ1v) is 11.6. The first kappa shape index (κ1) is 19.8. The van der Waals surface area contributed by atoms with Gasteiger partial charge in [0.05, 0.1) is 18.0 Å². The highest BCUT2D eigenvalue weighted by molar-refractivity contribution is 7.89. The Hall–Kier alpha value is -3.16. The highest BCUT2D eigenvalue weighted by Gasteiger charge is 2.35. The van der Waals surface area contributed by atoms with Gasteiger partial charge in [0.2, 0.25) is 10.0 Å². The van der Waals surface area contributed by atoms with E-state index in [9.17, 15) is 13.2 Å². The minimum Gasteiger partial charge on any atom is -0.458 e. The third-order valence-corrected chi connectivity index (χ3v) is 7.56. The van der Waals surface area contributed by atoms with E-state index in [-0.39, 0.29) is 18.0 Å². The van der Waals surface area contributed by atoms with Gasteiger partial charge in [0.15, 0.2) is 0 Å². The van der Waals surface area contributed by atoms with Crippen LogP contribution in [0.4, 0.5) is 0 Å². The van der Waals surface area contributed by atoms with Crippen LogP contribution in [0.1, 0.15) is 5.56 Å². The van der Waals surface area contributed by atoms with E-state index < -0.39 is 22.1 Å². The third-order valence-electron chi connectivity index (χ3n) is 5.74. The van der Waals surface area contributed by atoms with Gasteiger partial charge in [-0.1, -0.05) is 54.1 Å². The van der Waals surface area contributed by atoms with Crippen LogP contribution in [0.2, 0.25) is 0 Å². The minimum absolute atomic E-state index is 0.114. The van der Waals surface area contributed by atoms with E-state index in [0.29, 0.717) is 6.54 Å². The number of esters is 1. The summed E-state index contributed by atoms with van der Waals surface area (Å²) in [6, 6.07) is 22.8. The summed E-state index contributed by atoms with van der Waals surface area (Å²) in [6.45, 7) is 2.11. The molecule has 2 heterocycles. The largest absolute Gasteiger partial charge is 0.458 e. The van der Waals surface area contributed by atoms with Gasteiger partial charge >= 0.3 is 5.97 Å². The molecule has 0 N–H and O–H groups in total. The SMILES string of the molecule is Cc1ccc(S(=O)(=O)N2CC(=O)O[C@H](Cn3c4ccccc4c4ccccc43)C2)cc1. The van der Waals surface area contributed by atoms with Crippen molar-refractivity contribution in [2.75, 3.05) is 13.1 Å². The molecule has 158 valence electrons. The van der Waals surface area contributed by atoms with E-state index in [1.54, 1.807) is 24.3 Å². The second-order valence-electron chi connectivity index (χ2n) is 7.87. The Morgan fingerprint density at radius 1 is 0.903 bits per heavy atom. The summed E-state index contributed by atoms with van der Waals surface area (Å²) in [4.78, 5) is 12.5. The van der Waals surface area contributed by atoms with Crippen LogP contribution in [0, 0.1) is 6.92 Å². The summed E-state index contributed by atoms with van der Waals surface area (Å²) in [5, 5.41) is 2.23. The fourth-order valence-electron chi connectivity index (χ4n) is 4.24. The fourth-order valence-corrected chi connectivity index (χ4v) is 5.65. The number of aryl methyl sites for hydroxylation is 1. The van der Waals surface area contributed by atoms with Gasteiger partial charge in [-0.3, -0.25) is 4.79 Å². The van der Waals surface area contributed by atoms with E-state index in [4.69, 9.17) is 4.74 Å². The smallest absolute Gasteiger partial charge is 0.321 e. The minimum atomic E-state index is -3.79. The number of sulfonamides is 1. The molecule has 4 aromatic rings. The highest BCUT2D eigenvalue weighted by Crippen LogP contribution is 2.30. The van der Waals surface area contributed by atoms with Crippen LogP contribution < -0.4 is 0 Å². The lowest BCUT2D eigenvalue weighted by atomic mass is 10.2. The van der Waals surface area contributed by atoms with E-state index in [1.807, 2.05) is 43.3 Å². The van der Waals surface area contributed by atoms with Gasteiger partial charge in [0.1, 0.15) is 12.6 Å². The Balaban J connectivity index is 1.49. The number of nitrogens with zero attached hydrogens (tertiary/aromatic N) is 2. The first-order chi connectivity index (χ1) is 14.9. The van der Waals surface area contributed by atoms with Crippen LogP contribution >= 0.6 is 0 Å². The zero-order valence-electron chi connectivity index (χ0n) is 17.1. The third kappa shape index (κ3) is 3.49. The molecule has 0 bridgehead atoms. The van der Waals surface area contributed by atoms with Gasteiger partial charge in [0.25, 0.3) is 0 Å². The summed E-state index contributed by atoms with van der Waals surface area (Å²) in [5.41, 5.74) is 3.03. The van der Waals surface area contributed by atoms with Crippen molar-refractivity contribution in [2.45, 2.75) is 24.5 Å². The molecule has 1 aliphatic heterocycles. The van der Waals surface area contributed by atoms with Crippen LogP contribution in [0.3, 0.4) is 0 Å². The van der Waals surface area contributed by atoms with Gasteiger partial charge in [-0.15, -0.1) is 0 Å². The van der Waals surface area contributed by atoms with Crippen LogP contribution in [-0.4, -0.2) is 42.5 Å². The molecule has 0 saturated carbocycles. The number of carbonyl (C=O) groups excluding carboxylic acids is 1. The molecule has 5 rings (SSSR count). The quantitative estimate of drug-likeness (QED) is 0.459. The van der Waals surface area contributed by atoms with E-state index in [2.05, 4.69) is 16.7 Å². The molecule has 1 fully saturated rings. The lowest BCUT2D eigenvalue weighted by molar-refractivity contribution is -0.155. The molecule has 0 aliphatic carbocycles. The van der Waals surface area contributed by atoms with Crippen molar-refractivity contribution in [3.63, 3.8) is 0 Å². The molecule has 7 heteroatoms. The zero-order chi connectivity index (χ0) is 21.6. The second kappa shape index (κ2) is 7.51. The number of carbonyl (C=O) groups is 1. The maximum Gasteiger partial charge on any atom is 0.321 e. The molecule has 0 unspecified atom stereocenters. The van der Waals surface area contributed by atoms with E-state index >= 15 is 0 Å². The lowest BCUT2D eigenvalue weighted by Crippen LogP contribution is -2.49. The molecular weight excluding hydrogens is 412 g/mol. The maximum absolute atomic E-state index is 13.1. The first-order valence-electron chi connectivity index (χ1n) is 10.2. The van der Waals surface area contributed by atoms with Crippen LogP contribution in [-0.2, 0) is 26.1 Å². The number of hydrogen-bond acceptors (Lipinski definition) is 4. The maximum atomic E-state index is 13.1. The van der Waals surface area contributed by atoms with Crippen molar-refractivity contribution < 1.29 is 17.9 Å². The molecule has 1 aliphatic rings. The summed E-state index contributed by atoms with van der Waals surface area (Å²) in [6.07, 6.45) is -0.583. The van der Waals surface area contributed by atoms with Crippen molar-refractivity contribution in [1.29, 1.82) is 0 Å². The number of benzene rings is 3. The number of fused-ring (bicyclic) bond motifs is 3. The Bertz CT molecular complexity index is 1340. The molecule has 6 nitrogen and oxygen atoms in total. The molecule has 1 atom stereocenters. The molecule has 0 amide bonds. The topological polar surface area (TPSA) is 68.6 Å². The summed E-state index contributed by atoms with van der Waals surface area (Å²) in [7, 11) is -3.79. The zero-order valence-corrected chi connectivity index (χ0v) is 17.9. The van der Waals surface area contributed by atoms with Crippen LogP contribution in [0.15, 0.2) is 77.7 Å². The van der Waals surface area contributed by atoms with Crippen molar-refractivity contribution in [3.8, 4) is 0 Å². The number of para-hydroxylation sites is 2. The summed E-state index contributed by atoms with van der Waals surface area (Å²) < 4.78 is 35.2. The number of morpholine rings is 1. The normalized spacial score (nSPS) is 17.8. The monoisotopic (exact) mass is 434 g/mol. The Labute approximate surface area is 180 Å². The highest BCUT2D eigenvalue weighted by atomic mass is 32.2. The molecule has 1 saturated heterocycles. The number of ether oxygens (including phenoxy) is 1. The van der Waals surface area contributed by atoms with Crippen molar-refractivity contribution in [3.05, 3.63) is 78.4 Å². The molecule has 31 heavy (non-hydrogen) atoms. The Morgan fingerprint density at radius 3 is 2.10 bits per heavy atom. The number of cyclic esters (lactones) is 1. The molecule has 3 aromatic carbocycles. The van der Waals surface area contributed by atoms with Crippen molar-refractivity contribution in [2.24, 2.45) is 0 Å². The van der Waals surface area contributed by atoms with Gasteiger partial charge in [-0.25, -0.2) is 8.42 Å². The van der Waals surface area contributed by atoms with E-state index in [0.717, 1.165) is 27.4 Å². The van der Waals surface area contributed by atoms with E-state index in [1.165, 1.54) is 4.31 Å². The van der Waals surface area contributed by atoms with Gasteiger partial charge in [-0.05, 0) is 31.2 Å². The molecule has 0 radical (unpaired) electrons. The van der Waals surface area contributed by atoms with Crippen molar-refractivity contribution in [1.82, 2.24) is 8.87 Å². The molecule has 1 aromatic heterocycles. The van der Waals surface area contributed by atoms with Gasteiger partial charge < -0.3 is 9.30 Å². The molecular formula is C24H22N2O4S. The van der Waals surface area contributed by atoms with Gasteiger partial charge in [0, 0.05) is 21.8 Å². The summed E-state index contributed by atoms with van der Waals surface area (Å²) in [5.74, 6) is -0.535. The molecule has 0 spiro atoms. The number of aromatic nitrogens is 1. The van der Waals surface area contributed by atoms with Gasteiger partial charge in [-0.2, -0.15) is 4.31 Å². The standard InChI is InChI=1S/C24H22N2O4S/c1-17-10-12-19(13-11-17)31(28,29)25-14-18(30-24(27)16-25)15-26-22-8-4-2-6-20(22)21-7-3-5-9-23(21)26/h2-13,18H,14-16H2,1H3/t18-/m0/s1. The summed E-state index contributed by atoms with van der Waals surface area (Å²) >= 11 is 0.